The van der Waals surface area contributed by atoms with Crippen LogP contribution in [0.5, 0.6) is 11.5 Å². The Bertz CT molecular complexity index is 1220. The van der Waals surface area contributed by atoms with Crippen molar-refractivity contribution in [3.05, 3.63) is 88.5 Å². The van der Waals surface area contributed by atoms with E-state index < -0.39 is 46.6 Å². The Balaban J connectivity index is 1.99. The van der Waals surface area contributed by atoms with Gasteiger partial charge in [0.15, 0.2) is 0 Å². The van der Waals surface area contributed by atoms with Crippen molar-refractivity contribution in [2.45, 2.75) is 13.1 Å². The van der Waals surface area contributed by atoms with Gasteiger partial charge in [0.05, 0.1) is 23.8 Å². The molecule has 0 saturated heterocycles. The molecule has 0 radical (unpaired) electrons. The number of halogens is 5. The number of ether oxygens (including phenoxy) is 2. The fourth-order valence-corrected chi connectivity index (χ4v) is 2.88. The van der Waals surface area contributed by atoms with Crippen LogP contribution in [0.25, 0.3) is 0 Å². The maximum atomic E-state index is 13.8. The topological polar surface area (TPSA) is 64.6 Å². The molecule has 0 aliphatic heterocycles. The van der Waals surface area contributed by atoms with E-state index in [0.29, 0.717) is 17.7 Å². The number of carbonyl (C=O) groups excluding carboxylic acids is 2. The molecule has 3 aromatic rings. The van der Waals surface area contributed by atoms with Gasteiger partial charge in [0.2, 0.25) is 0 Å². The quantitative estimate of drug-likeness (QED) is 0.364. The van der Waals surface area contributed by atoms with Crippen LogP contribution in [0.3, 0.4) is 0 Å². The summed E-state index contributed by atoms with van der Waals surface area (Å²) in [5.74, 6) is -3.72. The lowest BCUT2D eigenvalue weighted by Gasteiger charge is -2.16. The van der Waals surface area contributed by atoms with Crippen LogP contribution in [0.2, 0.25) is 0 Å². The van der Waals surface area contributed by atoms with Gasteiger partial charge in [-0.25, -0.2) is 13.6 Å². The molecule has 0 unspecified atom stereocenters. The minimum atomic E-state index is -4.71. The molecule has 1 amide bonds. The Hall–Kier alpha value is -3.95. The molecule has 3 rings (SSSR count). The summed E-state index contributed by atoms with van der Waals surface area (Å²) in [6.45, 7) is 1.48. The number of carbonyl (C=O) groups is 2. The number of rotatable bonds is 5. The van der Waals surface area contributed by atoms with Gasteiger partial charge in [-0.3, -0.25) is 4.79 Å². The summed E-state index contributed by atoms with van der Waals surface area (Å²) >= 11 is 0. The van der Waals surface area contributed by atoms with E-state index in [9.17, 15) is 31.5 Å². The third kappa shape index (κ3) is 5.46. The van der Waals surface area contributed by atoms with Crippen molar-refractivity contribution in [1.29, 1.82) is 0 Å². The van der Waals surface area contributed by atoms with Gasteiger partial charge in [-0.15, -0.1) is 0 Å². The van der Waals surface area contributed by atoms with E-state index in [1.54, 1.807) is 0 Å². The number of methoxy groups -OCH3 is 1. The third-order valence-corrected chi connectivity index (χ3v) is 4.54. The van der Waals surface area contributed by atoms with Crippen molar-refractivity contribution >= 4 is 17.6 Å². The van der Waals surface area contributed by atoms with Crippen LogP contribution in [0.1, 0.15) is 31.8 Å². The molecule has 0 aromatic heterocycles. The average molecular weight is 465 g/mol. The lowest BCUT2D eigenvalue weighted by Crippen LogP contribution is -2.15. The predicted octanol–water partition coefficient (Wildman–Crippen LogP) is 6.12. The zero-order valence-corrected chi connectivity index (χ0v) is 17.2. The van der Waals surface area contributed by atoms with E-state index >= 15 is 0 Å². The van der Waals surface area contributed by atoms with E-state index in [2.05, 4.69) is 10.1 Å². The summed E-state index contributed by atoms with van der Waals surface area (Å²) in [4.78, 5) is 24.5. The summed E-state index contributed by atoms with van der Waals surface area (Å²) in [7, 11) is 1.05. The number of anilines is 1. The summed E-state index contributed by atoms with van der Waals surface area (Å²) in [5, 5.41) is 2.38. The normalized spacial score (nSPS) is 11.1. The summed E-state index contributed by atoms with van der Waals surface area (Å²) < 4.78 is 76.9. The first-order valence-electron chi connectivity index (χ1n) is 9.34. The summed E-state index contributed by atoms with van der Waals surface area (Å²) in [6, 6.07) is 8.76. The van der Waals surface area contributed by atoms with Crippen molar-refractivity contribution in [2.75, 3.05) is 12.4 Å². The Labute approximate surface area is 184 Å². The van der Waals surface area contributed by atoms with Crippen LogP contribution in [0, 0.1) is 18.6 Å². The SMILES string of the molecule is COC(=O)c1cc(NC(=O)c2ccc(C(F)(F)F)cc2Oc2ccc(F)cc2C)ccc1F. The maximum absolute atomic E-state index is 13.8. The van der Waals surface area contributed by atoms with Gasteiger partial charge in [0, 0.05) is 5.69 Å². The standard InChI is InChI=1S/C23H16F5NO4/c1-12-9-14(24)4-8-19(12)33-20-10-13(23(26,27)28)3-6-16(20)21(30)29-15-5-7-18(25)17(11-15)22(31)32-2/h3-11H,1-2H3,(H,29,30). The molecule has 0 aliphatic rings. The number of alkyl halides is 3. The van der Waals surface area contributed by atoms with E-state index in [1.165, 1.54) is 13.0 Å². The van der Waals surface area contributed by atoms with Gasteiger partial charge in [0.1, 0.15) is 23.1 Å². The average Bonchev–Trinajstić information content (AvgIpc) is 2.75. The number of benzene rings is 3. The van der Waals surface area contributed by atoms with E-state index in [-0.39, 0.29) is 17.0 Å². The van der Waals surface area contributed by atoms with Gasteiger partial charge in [-0.2, -0.15) is 13.2 Å². The Morgan fingerprint density at radius 3 is 2.24 bits per heavy atom. The molecular formula is C23H16F5NO4. The minimum absolute atomic E-state index is 0.00869. The molecule has 0 saturated carbocycles. The van der Waals surface area contributed by atoms with Crippen molar-refractivity contribution in [1.82, 2.24) is 0 Å². The van der Waals surface area contributed by atoms with Crippen LogP contribution in [-0.2, 0) is 10.9 Å². The highest BCUT2D eigenvalue weighted by Crippen LogP contribution is 2.36. The zero-order valence-electron chi connectivity index (χ0n) is 17.2. The number of hydrogen-bond acceptors (Lipinski definition) is 4. The molecule has 0 spiro atoms. The molecule has 0 heterocycles. The first kappa shape index (κ1) is 23.7. The van der Waals surface area contributed by atoms with Gasteiger partial charge in [-0.05, 0) is 67.1 Å². The van der Waals surface area contributed by atoms with Gasteiger partial charge >= 0.3 is 12.1 Å². The molecule has 172 valence electrons. The van der Waals surface area contributed by atoms with Crippen LogP contribution >= 0.6 is 0 Å². The van der Waals surface area contributed by atoms with Crippen molar-refractivity contribution in [3.8, 4) is 11.5 Å². The Morgan fingerprint density at radius 1 is 0.879 bits per heavy atom. The highest BCUT2D eigenvalue weighted by Gasteiger charge is 2.32. The zero-order chi connectivity index (χ0) is 24.3. The van der Waals surface area contributed by atoms with E-state index in [1.807, 2.05) is 0 Å². The first-order valence-corrected chi connectivity index (χ1v) is 9.34. The molecule has 0 bridgehead atoms. The second-order valence-electron chi connectivity index (χ2n) is 6.86. The molecule has 0 atom stereocenters. The van der Waals surface area contributed by atoms with Gasteiger partial charge in [-0.1, -0.05) is 0 Å². The first-order chi connectivity index (χ1) is 15.5. The number of esters is 1. The van der Waals surface area contributed by atoms with Crippen molar-refractivity contribution in [3.63, 3.8) is 0 Å². The highest BCUT2D eigenvalue weighted by molar-refractivity contribution is 6.06. The van der Waals surface area contributed by atoms with Gasteiger partial charge in [0.25, 0.3) is 5.91 Å². The highest BCUT2D eigenvalue weighted by atomic mass is 19.4. The molecule has 3 aromatic carbocycles. The lowest BCUT2D eigenvalue weighted by molar-refractivity contribution is -0.137. The summed E-state index contributed by atoms with van der Waals surface area (Å²) in [6.07, 6.45) is -4.71. The van der Waals surface area contributed by atoms with Crippen LogP contribution in [0.4, 0.5) is 27.6 Å². The fourth-order valence-electron chi connectivity index (χ4n) is 2.88. The number of amides is 1. The fraction of sp³-hybridized carbons (Fsp3) is 0.130. The predicted molar refractivity (Wildman–Crippen MR) is 108 cm³/mol. The Morgan fingerprint density at radius 2 is 1.61 bits per heavy atom. The van der Waals surface area contributed by atoms with Crippen LogP contribution in [0.15, 0.2) is 54.6 Å². The summed E-state index contributed by atoms with van der Waals surface area (Å²) in [5.41, 5.74) is -1.51. The second kappa shape index (κ2) is 9.27. The molecule has 33 heavy (non-hydrogen) atoms. The van der Waals surface area contributed by atoms with Gasteiger partial charge < -0.3 is 14.8 Å². The largest absolute Gasteiger partial charge is 0.465 e. The Kier molecular flexibility index (Phi) is 6.66. The molecule has 1 N–H and O–H groups in total. The van der Waals surface area contributed by atoms with E-state index in [4.69, 9.17) is 4.74 Å². The monoisotopic (exact) mass is 465 g/mol. The van der Waals surface area contributed by atoms with E-state index in [0.717, 1.165) is 43.5 Å². The number of nitrogens with one attached hydrogen (secondary N) is 1. The smallest absolute Gasteiger partial charge is 0.416 e. The minimum Gasteiger partial charge on any atom is -0.465 e. The second-order valence-corrected chi connectivity index (χ2v) is 6.86. The molecule has 0 aliphatic carbocycles. The maximum Gasteiger partial charge on any atom is 0.416 e. The third-order valence-electron chi connectivity index (χ3n) is 4.54. The molecule has 10 heteroatoms. The number of hydrogen-bond donors (Lipinski definition) is 1. The molecular weight excluding hydrogens is 449 g/mol. The van der Waals surface area contributed by atoms with Crippen molar-refractivity contribution in [2.24, 2.45) is 0 Å². The lowest BCUT2D eigenvalue weighted by atomic mass is 10.1. The number of aryl methyl sites for hydroxylation is 1. The van der Waals surface area contributed by atoms with Crippen LogP contribution in [-0.4, -0.2) is 19.0 Å². The van der Waals surface area contributed by atoms with Crippen molar-refractivity contribution < 1.29 is 41.0 Å². The van der Waals surface area contributed by atoms with Crippen LogP contribution < -0.4 is 10.1 Å². The molecule has 5 nitrogen and oxygen atoms in total. The molecule has 0 fully saturated rings.